The van der Waals surface area contributed by atoms with Crippen LogP contribution in [-0.2, 0) is 17.6 Å². The molecular formula is C18H18BrN3OS. The summed E-state index contributed by atoms with van der Waals surface area (Å²) >= 11 is 4.94. The first-order valence-electron chi connectivity index (χ1n) is 7.90. The number of benzene rings is 1. The first kappa shape index (κ1) is 17.0. The molecule has 4 nitrogen and oxygen atoms in total. The van der Waals surface area contributed by atoms with E-state index in [1.807, 2.05) is 24.3 Å². The summed E-state index contributed by atoms with van der Waals surface area (Å²) in [6, 6.07) is 9.92. The third kappa shape index (κ3) is 3.80. The van der Waals surface area contributed by atoms with Gasteiger partial charge in [0.05, 0.1) is 12.1 Å². The fourth-order valence-electron chi connectivity index (χ4n) is 2.88. The largest absolute Gasteiger partial charge is 0.376 e. The zero-order valence-corrected chi connectivity index (χ0v) is 15.8. The molecular weight excluding hydrogens is 386 g/mol. The zero-order chi connectivity index (χ0) is 17.1. The standard InChI is InChI=1S/C18H18BrN3OS/c1-11-2-7-14-15(9-20)18(24-16(14)8-11)22-17(23)10-21-13-5-3-12(19)4-6-13/h3-6,11,21H,2,7-8,10H2,1H3,(H,22,23)/t11-/m1/s1. The molecule has 1 aromatic heterocycles. The van der Waals surface area contributed by atoms with Crippen LogP contribution < -0.4 is 10.6 Å². The second-order valence-corrected chi connectivity index (χ2v) is 8.10. The number of carbonyl (C=O) groups is 1. The topological polar surface area (TPSA) is 64.9 Å². The number of rotatable bonds is 4. The molecule has 1 heterocycles. The highest BCUT2D eigenvalue weighted by atomic mass is 79.9. The van der Waals surface area contributed by atoms with Gasteiger partial charge in [0.15, 0.2) is 0 Å². The van der Waals surface area contributed by atoms with E-state index in [-0.39, 0.29) is 12.5 Å². The van der Waals surface area contributed by atoms with Crippen molar-refractivity contribution in [2.45, 2.75) is 26.2 Å². The van der Waals surface area contributed by atoms with Gasteiger partial charge in [0.2, 0.25) is 5.91 Å². The van der Waals surface area contributed by atoms with Gasteiger partial charge in [-0.15, -0.1) is 11.3 Å². The Morgan fingerprint density at radius 3 is 2.88 bits per heavy atom. The zero-order valence-electron chi connectivity index (χ0n) is 13.4. The van der Waals surface area contributed by atoms with Gasteiger partial charge in [-0.1, -0.05) is 22.9 Å². The van der Waals surface area contributed by atoms with Crippen molar-refractivity contribution in [3.8, 4) is 6.07 Å². The smallest absolute Gasteiger partial charge is 0.244 e. The summed E-state index contributed by atoms with van der Waals surface area (Å²) in [5, 5.41) is 16.1. The summed E-state index contributed by atoms with van der Waals surface area (Å²) in [4.78, 5) is 13.5. The quantitative estimate of drug-likeness (QED) is 0.786. The van der Waals surface area contributed by atoms with E-state index in [1.54, 1.807) is 11.3 Å². The number of halogens is 1. The van der Waals surface area contributed by atoms with Gasteiger partial charge in [0, 0.05) is 15.0 Å². The van der Waals surface area contributed by atoms with Gasteiger partial charge in [-0.05, 0) is 55.0 Å². The van der Waals surface area contributed by atoms with E-state index < -0.39 is 0 Å². The first-order chi connectivity index (χ1) is 11.6. The van der Waals surface area contributed by atoms with Crippen LogP contribution in [0.15, 0.2) is 28.7 Å². The van der Waals surface area contributed by atoms with E-state index in [2.05, 4.69) is 39.6 Å². The Kier molecular flexibility index (Phi) is 5.22. The van der Waals surface area contributed by atoms with Gasteiger partial charge in [-0.25, -0.2) is 0 Å². The Morgan fingerprint density at radius 2 is 2.17 bits per heavy atom. The number of hydrogen-bond donors (Lipinski definition) is 2. The maximum absolute atomic E-state index is 12.2. The summed E-state index contributed by atoms with van der Waals surface area (Å²) in [6.07, 6.45) is 3.04. The van der Waals surface area contributed by atoms with E-state index in [9.17, 15) is 10.1 Å². The minimum Gasteiger partial charge on any atom is -0.376 e. The van der Waals surface area contributed by atoms with Crippen molar-refractivity contribution in [2.75, 3.05) is 17.2 Å². The Hall–Kier alpha value is -1.84. The average Bonchev–Trinajstić information content (AvgIpc) is 2.90. The van der Waals surface area contributed by atoms with Crippen LogP contribution in [0.5, 0.6) is 0 Å². The predicted octanol–water partition coefficient (Wildman–Crippen LogP) is 4.56. The number of carbonyl (C=O) groups excluding carboxylic acids is 1. The lowest BCUT2D eigenvalue weighted by atomic mass is 9.89. The van der Waals surface area contributed by atoms with Crippen LogP contribution in [0.4, 0.5) is 10.7 Å². The fourth-order valence-corrected chi connectivity index (χ4v) is 4.52. The van der Waals surface area contributed by atoms with E-state index in [0.717, 1.165) is 35.0 Å². The summed E-state index contributed by atoms with van der Waals surface area (Å²) in [6.45, 7) is 2.40. The molecule has 6 heteroatoms. The minimum absolute atomic E-state index is 0.138. The number of amides is 1. The molecule has 0 radical (unpaired) electrons. The van der Waals surface area contributed by atoms with Crippen LogP contribution in [-0.4, -0.2) is 12.5 Å². The van der Waals surface area contributed by atoms with Crippen molar-refractivity contribution in [1.29, 1.82) is 5.26 Å². The molecule has 124 valence electrons. The highest BCUT2D eigenvalue weighted by Crippen LogP contribution is 2.39. The van der Waals surface area contributed by atoms with Gasteiger partial charge in [-0.2, -0.15) is 5.26 Å². The van der Waals surface area contributed by atoms with Crippen molar-refractivity contribution >= 4 is 43.9 Å². The number of nitrogens with zero attached hydrogens (tertiary/aromatic N) is 1. The molecule has 0 fully saturated rings. The SMILES string of the molecule is C[C@@H]1CCc2c(sc(NC(=O)CNc3ccc(Br)cc3)c2C#N)C1. The molecule has 24 heavy (non-hydrogen) atoms. The van der Waals surface area contributed by atoms with Gasteiger partial charge in [0.25, 0.3) is 0 Å². The summed E-state index contributed by atoms with van der Waals surface area (Å²) in [5.74, 6) is 0.506. The molecule has 2 aromatic rings. The normalized spacial score (nSPS) is 16.1. The number of anilines is 2. The molecule has 0 unspecified atom stereocenters. The Morgan fingerprint density at radius 1 is 1.42 bits per heavy atom. The summed E-state index contributed by atoms with van der Waals surface area (Å²) in [5.41, 5.74) is 2.67. The lowest BCUT2D eigenvalue weighted by Gasteiger charge is -2.17. The van der Waals surface area contributed by atoms with Crippen molar-refractivity contribution in [3.63, 3.8) is 0 Å². The molecule has 1 atom stereocenters. The average molecular weight is 404 g/mol. The molecule has 1 aliphatic carbocycles. The Labute approximate surface area is 154 Å². The van der Waals surface area contributed by atoms with Crippen LogP contribution in [0.1, 0.15) is 29.3 Å². The molecule has 3 rings (SSSR count). The molecule has 0 aliphatic heterocycles. The minimum atomic E-state index is -0.138. The third-order valence-electron chi connectivity index (χ3n) is 4.17. The molecule has 0 bridgehead atoms. The maximum Gasteiger partial charge on any atom is 0.244 e. The second kappa shape index (κ2) is 7.37. The summed E-state index contributed by atoms with van der Waals surface area (Å²) < 4.78 is 0.995. The van der Waals surface area contributed by atoms with E-state index in [4.69, 9.17) is 0 Å². The number of fused-ring (bicyclic) bond motifs is 1. The van der Waals surface area contributed by atoms with Crippen molar-refractivity contribution in [3.05, 3.63) is 44.7 Å². The van der Waals surface area contributed by atoms with Crippen molar-refractivity contribution in [2.24, 2.45) is 5.92 Å². The highest BCUT2D eigenvalue weighted by Gasteiger charge is 2.24. The molecule has 1 amide bonds. The van der Waals surface area contributed by atoms with Crippen LogP contribution in [0.3, 0.4) is 0 Å². The monoisotopic (exact) mass is 403 g/mol. The van der Waals surface area contributed by atoms with Gasteiger partial charge in [0.1, 0.15) is 11.1 Å². The Balaban J connectivity index is 1.66. The number of hydrogen-bond acceptors (Lipinski definition) is 4. The third-order valence-corrected chi connectivity index (χ3v) is 5.87. The molecule has 0 spiro atoms. The lowest BCUT2D eigenvalue weighted by molar-refractivity contribution is -0.114. The predicted molar refractivity (Wildman–Crippen MR) is 101 cm³/mol. The van der Waals surface area contributed by atoms with Crippen LogP contribution in [0.2, 0.25) is 0 Å². The van der Waals surface area contributed by atoms with Gasteiger partial charge in [-0.3, -0.25) is 4.79 Å². The number of thiophene rings is 1. The number of nitriles is 1. The maximum atomic E-state index is 12.2. The van der Waals surface area contributed by atoms with E-state index >= 15 is 0 Å². The summed E-state index contributed by atoms with van der Waals surface area (Å²) in [7, 11) is 0. The van der Waals surface area contributed by atoms with Crippen LogP contribution in [0, 0.1) is 17.2 Å². The molecule has 2 N–H and O–H groups in total. The van der Waals surface area contributed by atoms with Crippen LogP contribution in [0.25, 0.3) is 0 Å². The number of nitrogens with one attached hydrogen (secondary N) is 2. The molecule has 0 saturated carbocycles. The van der Waals surface area contributed by atoms with Gasteiger partial charge >= 0.3 is 0 Å². The van der Waals surface area contributed by atoms with E-state index in [1.165, 1.54) is 4.88 Å². The molecule has 1 aliphatic rings. The van der Waals surface area contributed by atoms with Gasteiger partial charge < -0.3 is 10.6 Å². The van der Waals surface area contributed by atoms with Crippen molar-refractivity contribution in [1.82, 2.24) is 0 Å². The highest BCUT2D eigenvalue weighted by molar-refractivity contribution is 9.10. The first-order valence-corrected chi connectivity index (χ1v) is 9.51. The second-order valence-electron chi connectivity index (χ2n) is 6.08. The van der Waals surface area contributed by atoms with Crippen molar-refractivity contribution < 1.29 is 4.79 Å². The molecule has 0 saturated heterocycles. The molecule has 1 aromatic carbocycles. The lowest BCUT2D eigenvalue weighted by Crippen LogP contribution is -2.21. The Bertz CT molecular complexity index is 792. The van der Waals surface area contributed by atoms with E-state index in [0.29, 0.717) is 16.5 Å². The van der Waals surface area contributed by atoms with Crippen LogP contribution >= 0.6 is 27.3 Å². The fraction of sp³-hybridized carbons (Fsp3) is 0.333.